The largest absolute Gasteiger partial charge is 0.305 e. The van der Waals surface area contributed by atoms with Gasteiger partial charge in [-0.25, -0.2) is 9.37 Å². The monoisotopic (exact) mass is 340 g/mol. The summed E-state index contributed by atoms with van der Waals surface area (Å²) in [5.74, 6) is 0. The van der Waals surface area contributed by atoms with Gasteiger partial charge in [-0.2, -0.15) is 0 Å². The second kappa shape index (κ2) is 4.25. The molecule has 2 aromatic heterocycles. The van der Waals surface area contributed by atoms with Crippen molar-refractivity contribution in [3.8, 4) is 0 Å². The van der Waals surface area contributed by atoms with Crippen molar-refractivity contribution < 1.29 is 4.39 Å². The lowest BCUT2D eigenvalue weighted by molar-refractivity contribution is 0.402. The van der Waals surface area contributed by atoms with Crippen LogP contribution in [0.1, 0.15) is 12.1 Å². The van der Waals surface area contributed by atoms with Gasteiger partial charge in [0, 0.05) is 22.4 Å². The van der Waals surface area contributed by atoms with Gasteiger partial charge in [-0.05, 0) is 46.4 Å². The van der Waals surface area contributed by atoms with Crippen molar-refractivity contribution in [2.45, 2.75) is 12.6 Å². The van der Waals surface area contributed by atoms with Gasteiger partial charge in [-0.1, -0.05) is 12.2 Å². The lowest BCUT2D eigenvalue weighted by Crippen LogP contribution is -1.98. The Kier molecular flexibility index (Phi) is 2.74. The van der Waals surface area contributed by atoms with Gasteiger partial charge in [0.2, 0.25) is 0 Å². The van der Waals surface area contributed by atoms with Crippen molar-refractivity contribution in [1.29, 1.82) is 0 Å². The maximum atomic E-state index is 13.0. The summed E-state index contributed by atoms with van der Waals surface area (Å²) >= 11 is 2.27. The zero-order valence-electron chi connectivity index (χ0n) is 8.98. The molecule has 0 spiro atoms. The van der Waals surface area contributed by atoms with Crippen LogP contribution in [0.15, 0.2) is 42.8 Å². The fourth-order valence-corrected chi connectivity index (χ4v) is 2.37. The molecule has 3 rings (SSSR count). The molecule has 0 bridgehead atoms. The van der Waals surface area contributed by atoms with Crippen LogP contribution in [0.5, 0.6) is 0 Å². The highest BCUT2D eigenvalue weighted by Gasteiger charge is 2.10. The number of aromatic nitrogens is 2. The first-order chi connectivity index (χ1) is 8.22. The quantitative estimate of drug-likeness (QED) is 0.725. The van der Waals surface area contributed by atoms with E-state index in [1.165, 1.54) is 0 Å². The maximum absolute atomic E-state index is 13.0. The third kappa shape index (κ3) is 2.13. The molecule has 2 nitrogen and oxygen atoms in total. The van der Waals surface area contributed by atoms with Crippen LogP contribution in [0.3, 0.4) is 0 Å². The average Bonchev–Trinajstić information content (AvgIpc) is 2.72. The van der Waals surface area contributed by atoms with Crippen LogP contribution >= 0.6 is 22.6 Å². The molecule has 0 fully saturated rings. The zero-order chi connectivity index (χ0) is 11.8. The van der Waals surface area contributed by atoms with Crippen molar-refractivity contribution in [3.63, 3.8) is 0 Å². The van der Waals surface area contributed by atoms with E-state index in [1.807, 2.05) is 35.0 Å². The Labute approximate surface area is 112 Å². The van der Waals surface area contributed by atoms with Gasteiger partial charge in [0.05, 0.1) is 5.69 Å². The Bertz CT molecular complexity index is 627. The van der Waals surface area contributed by atoms with Gasteiger partial charge >= 0.3 is 0 Å². The van der Waals surface area contributed by atoms with Crippen molar-refractivity contribution in [1.82, 2.24) is 9.38 Å². The second-order valence-corrected chi connectivity index (χ2v) is 5.25. The van der Waals surface area contributed by atoms with Gasteiger partial charge in [-0.15, -0.1) is 0 Å². The molecule has 0 aromatic carbocycles. The van der Waals surface area contributed by atoms with Crippen LogP contribution in [0.2, 0.25) is 0 Å². The van der Waals surface area contributed by atoms with E-state index >= 15 is 0 Å². The molecule has 2 heterocycles. The lowest BCUT2D eigenvalue weighted by atomic mass is 10.0. The molecular weight excluding hydrogens is 330 g/mol. The predicted molar refractivity (Wildman–Crippen MR) is 74.5 cm³/mol. The number of pyridine rings is 1. The van der Waals surface area contributed by atoms with Crippen LogP contribution in [0.4, 0.5) is 4.39 Å². The number of hydrogen-bond acceptors (Lipinski definition) is 1. The van der Waals surface area contributed by atoms with Crippen LogP contribution in [-0.4, -0.2) is 15.6 Å². The summed E-state index contributed by atoms with van der Waals surface area (Å²) in [7, 11) is 0. The highest BCUT2D eigenvalue weighted by atomic mass is 127. The SMILES string of the molecule is FC1C=CC(c2cn3cc(I)ccc3n2)=CC1. The molecule has 1 aliphatic rings. The van der Waals surface area contributed by atoms with Crippen molar-refractivity contribution in [2.75, 3.05) is 0 Å². The Morgan fingerprint density at radius 1 is 1.35 bits per heavy atom. The zero-order valence-corrected chi connectivity index (χ0v) is 11.1. The van der Waals surface area contributed by atoms with Gasteiger partial charge in [0.15, 0.2) is 0 Å². The minimum atomic E-state index is -0.850. The number of allylic oxidation sites excluding steroid dienone is 4. The van der Waals surface area contributed by atoms with E-state index in [-0.39, 0.29) is 0 Å². The Balaban J connectivity index is 2.04. The number of alkyl halides is 1. The molecule has 1 atom stereocenters. The van der Waals surface area contributed by atoms with Crippen LogP contribution < -0.4 is 0 Å². The van der Waals surface area contributed by atoms with Crippen molar-refractivity contribution in [3.05, 3.63) is 52.0 Å². The first-order valence-corrected chi connectivity index (χ1v) is 6.47. The summed E-state index contributed by atoms with van der Waals surface area (Å²) in [6.45, 7) is 0. The summed E-state index contributed by atoms with van der Waals surface area (Å²) < 4.78 is 16.1. The topological polar surface area (TPSA) is 17.3 Å². The van der Waals surface area contributed by atoms with Crippen molar-refractivity contribution in [2.24, 2.45) is 0 Å². The first-order valence-electron chi connectivity index (χ1n) is 5.39. The molecule has 0 N–H and O–H groups in total. The molecule has 17 heavy (non-hydrogen) atoms. The van der Waals surface area contributed by atoms with Crippen LogP contribution in [-0.2, 0) is 0 Å². The van der Waals surface area contributed by atoms with E-state index in [1.54, 1.807) is 12.2 Å². The number of halogens is 2. The normalized spacial score (nSPS) is 19.6. The molecule has 1 aliphatic carbocycles. The molecule has 4 heteroatoms. The highest BCUT2D eigenvalue weighted by Crippen LogP contribution is 2.22. The fraction of sp³-hybridized carbons (Fsp3) is 0.154. The molecule has 0 radical (unpaired) electrons. The molecule has 2 aromatic rings. The Morgan fingerprint density at radius 3 is 3.00 bits per heavy atom. The molecule has 0 amide bonds. The minimum absolute atomic E-state index is 0.442. The second-order valence-electron chi connectivity index (χ2n) is 4.01. The first kappa shape index (κ1) is 11.0. The molecular formula is C13H10FIN2. The Hall–Kier alpha value is -1.17. The summed E-state index contributed by atoms with van der Waals surface area (Å²) in [6.07, 6.45) is 8.89. The summed E-state index contributed by atoms with van der Waals surface area (Å²) in [5, 5.41) is 0. The standard InChI is InChI=1S/C13H10FIN2/c14-10-3-1-9(2-4-10)12-8-17-7-11(15)5-6-13(17)16-12/h1-3,5-8,10H,4H2. The Morgan fingerprint density at radius 2 is 2.24 bits per heavy atom. The van der Waals surface area contributed by atoms with Gasteiger partial charge in [-0.3, -0.25) is 0 Å². The van der Waals surface area contributed by atoms with Crippen molar-refractivity contribution >= 4 is 33.8 Å². The lowest BCUT2D eigenvalue weighted by Gasteiger charge is -2.06. The average molecular weight is 340 g/mol. The number of hydrogen-bond donors (Lipinski definition) is 0. The van der Waals surface area contributed by atoms with Gasteiger partial charge in [0.25, 0.3) is 0 Å². The van der Waals surface area contributed by atoms with Crippen LogP contribution in [0.25, 0.3) is 11.2 Å². The molecule has 0 aliphatic heterocycles. The highest BCUT2D eigenvalue weighted by molar-refractivity contribution is 14.1. The van der Waals surface area contributed by atoms with E-state index in [4.69, 9.17) is 0 Å². The number of rotatable bonds is 1. The molecule has 0 saturated carbocycles. The smallest absolute Gasteiger partial charge is 0.137 e. The third-order valence-electron chi connectivity index (χ3n) is 2.76. The maximum Gasteiger partial charge on any atom is 0.137 e. The van der Waals surface area contributed by atoms with Gasteiger partial charge in [0.1, 0.15) is 11.8 Å². The minimum Gasteiger partial charge on any atom is -0.305 e. The number of fused-ring (bicyclic) bond motifs is 1. The van der Waals surface area contributed by atoms with Crippen LogP contribution in [0, 0.1) is 3.57 Å². The van der Waals surface area contributed by atoms with E-state index < -0.39 is 6.17 Å². The predicted octanol–water partition coefficient (Wildman–Crippen LogP) is 3.62. The van der Waals surface area contributed by atoms with E-state index in [0.29, 0.717) is 6.42 Å². The van der Waals surface area contributed by atoms with E-state index in [2.05, 4.69) is 27.6 Å². The summed E-state index contributed by atoms with van der Waals surface area (Å²) in [5.41, 5.74) is 2.81. The van der Waals surface area contributed by atoms with Gasteiger partial charge < -0.3 is 4.40 Å². The molecule has 1 unspecified atom stereocenters. The number of imidazole rings is 1. The number of nitrogens with zero attached hydrogens (tertiary/aromatic N) is 2. The molecule has 86 valence electrons. The third-order valence-corrected chi connectivity index (χ3v) is 3.40. The molecule has 0 saturated heterocycles. The summed E-state index contributed by atoms with van der Waals surface area (Å²) in [4.78, 5) is 4.52. The fourth-order valence-electron chi connectivity index (χ4n) is 1.89. The van der Waals surface area contributed by atoms with E-state index in [9.17, 15) is 4.39 Å². The van der Waals surface area contributed by atoms with E-state index in [0.717, 1.165) is 20.5 Å². The summed E-state index contributed by atoms with van der Waals surface area (Å²) in [6, 6.07) is 4.01.